The van der Waals surface area contributed by atoms with Gasteiger partial charge in [-0.1, -0.05) is 19.1 Å². The minimum atomic E-state index is 0.0370. The Hall–Kier alpha value is -2.34. The molecule has 6 nitrogen and oxygen atoms in total. The van der Waals surface area contributed by atoms with Crippen molar-refractivity contribution in [1.29, 1.82) is 0 Å². The highest BCUT2D eigenvalue weighted by atomic mass is 16.2. The van der Waals surface area contributed by atoms with E-state index in [1.54, 1.807) is 0 Å². The predicted molar refractivity (Wildman–Crippen MR) is 106 cm³/mol. The molecule has 0 unspecified atom stereocenters. The molecule has 1 saturated heterocycles. The van der Waals surface area contributed by atoms with Crippen LogP contribution in [0.25, 0.3) is 0 Å². The zero-order valence-electron chi connectivity index (χ0n) is 16.0. The van der Waals surface area contributed by atoms with E-state index in [-0.39, 0.29) is 5.91 Å². The molecule has 1 aromatic heterocycles. The molecule has 2 heterocycles. The highest BCUT2D eigenvalue weighted by Gasteiger charge is 2.20. The van der Waals surface area contributed by atoms with Gasteiger partial charge in [0.25, 0.3) is 0 Å². The first-order chi connectivity index (χ1) is 12.6. The van der Waals surface area contributed by atoms with Gasteiger partial charge in [0.15, 0.2) is 0 Å². The minimum Gasteiger partial charge on any atom is -0.369 e. The molecule has 0 aliphatic carbocycles. The summed E-state index contributed by atoms with van der Waals surface area (Å²) in [7, 11) is 0. The number of amides is 1. The van der Waals surface area contributed by atoms with Crippen molar-refractivity contribution in [2.75, 3.05) is 42.9 Å². The molecule has 3 rings (SSSR count). The summed E-state index contributed by atoms with van der Waals surface area (Å²) in [6.45, 7) is 11.1. The Morgan fingerprint density at radius 1 is 1.19 bits per heavy atom. The summed E-state index contributed by atoms with van der Waals surface area (Å²) in [5.74, 6) is 0.866. The number of aryl methyl sites for hydroxylation is 3. The fourth-order valence-corrected chi connectivity index (χ4v) is 3.39. The van der Waals surface area contributed by atoms with Crippen molar-refractivity contribution in [3.8, 4) is 0 Å². The topological polar surface area (TPSA) is 53.4 Å². The molecule has 0 radical (unpaired) electrons. The van der Waals surface area contributed by atoms with E-state index in [9.17, 15) is 4.79 Å². The summed E-state index contributed by atoms with van der Waals surface area (Å²) in [6.07, 6.45) is 2.80. The lowest BCUT2D eigenvalue weighted by molar-refractivity contribution is -0.117. The van der Waals surface area contributed by atoms with E-state index in [0.29, 0.717) is 6.54 Å². The van der Waals surface area contributed by atoms with Gasteiger partial charge in [-0.05, 0) is 38.0 Å². The van der Waals surface area contributed by atoms with Crippen LogP contribution in [0.2, 0.25) is 0 Å². The third-order valence-electron chi connectivity index (χ3n) is 4.82. The highest BCUT2D eigenvalue weighted by Crippen LogP contribution is 2.18. The van der Waals surface area contributed by atoms with Crippen molar-refractivity contribution in [1.82, 2.24) is 14.7 Å². The molecule has 0 bridgehead atoms. The van der Waals surface area contributed by atoms with Crippen molar-refractivity contribution in [2.24, 2.45) is 0 Å². The van der Waals surface area contributed by atoms with Crippen molar-refractivity contribution in [3.63, 3.8) is 0 Å². The van der Waals surface area contributed by atoms with Crippen LogP contribution >= 0.6 is 0 Å². The fraction of sp³-hybridized carbons (Fsp3) is 0.500. The average molecular weight is 355 g/mol. The Labute approximate surface area is 155 Å². The van der Waals surface area contributed by atoms with Gasteiger partial charge in [0, 0.05) is 44.0 Å². The van der Waals surface area contributed by atoms with Crippen molar-refractivity contribution in [2.45, 2.75) is 33.7 Å². The van der Waals surface area contributed by atoms with Crippen molar-refractivity contribution >= 4 is 17.4 Å². The number of hydrogen-bond acceptors (Lipinski definition) is 4. The molecule has 0 atom stereocenters. The van der Waals surface area contributed by atoms with Gasteiger partial charge in [0.05, 0.1) is 12.7 Å². The smallest absolute Gasteiger partial charge is 0.239 e. The highest BCUT2D eigenvalue weighted by molar-refractivity contribution is 5.92. The number of piperazine rings is 1. The molecule has 1 fully saturated rings. The molecule has 0 saturated carbocycles. The maximum Gasteiger partial charge on any atom is 0.239 e. The molecular weight excluding hydrogens is 326 g/mol. The van der Waals surface area contributed by atoms with Crippen LogP contribution in [0.3, 0.4) is 0 Å². The maximum absolute atomic E-state index is 12.5. The molecule has 1 aromatic carbocycles. The van der Waals surface area contributed by atoms with Gasteiger partial charge >= 0.3 is 0 Å². The molecule has 1 N–H and O–H groups in total. The summed E-state index contributed by atoms with van der Waals surface area (Å²) in [4.78, 5) is 17.1. The van der Waals surface area contributed by atoms with E-state index in [4.69, 9.17) is 0 Å². The Bertz CT molecular complexity index is 746. The number of benzene rings is 1. The van der Waals surface area contributed by atoms with E-state index < -0.39 is 0 Å². The molecule has 2 aromatic rings. The first-order valence-corrected chi connectivity index (χ1v) is 9.43. The number of rotatable bonds is 6. The number of aromatic nitrogens is 2. The maximum atomic E-state index is 12.5. The Balaban J connectivity index is 1.51. The van der Waals surface area contributed by atoms with Crippen LogP contribution in [-0.2, 0) is 11.3 Å². The summed E-state index contributed by atoms with van der Waals surface area (Å²) in [5, 5.41) is 7.39. The Kier molecular flexibility index (Phi) is 5.93. The van der Waals surface area contributed by atoms with Gasteiger partial charge in [-0.2, -0.15) is 5.10 Å². The second-order valence-electron chi connectivity index (χ2n) is 7.05. The molecule has 1 amide bonds. The average Bonchev–Trinajstić information content (AvgIpc) is 2.96. The summed E-state index contributed by atoms with van der Waals surface area (Å²) in [5.41, 5.74) is 3.56. The third-order valence-corrected chi connectivity index (χ3v) is 4.82. The zero-order chi connectivity index (χ0) is 18.5. The minimum absolute atomic E-state index is 0.0370. The lowest BCUT2D eigenvalue weighted by atomic mass is 10.2. The summed E-state index contributed by atoms with van der Waals surface area (Å²) in [6, 6.07) is 8.61. The van der Waals surface area contributed by atoms with Crippen LogP contribution in [0.1, 0.15) is 24.5 Å². The molecule has 140 valence electrons. The summed E-state index contributed by atoms with van der Waals surface area (Å²) >= 11 is 0. The van der Waals surface area contributed by atoms with Crippen LogP contribution in [0.4, 0.5) is 11.5 Å². The van der Waals surface area contributed by atoms with Crippen LogP contribution in [0.15, 0.2) is 30.5 Å². The number of hydrogen-bond donors (Lipinski definition) is 1. The van der Waals surface area contributed by atoms with E-state index in [1.807, 2.05) is 17.8 Å². The van der Waals surface area contributed by atoms with Gasteiger partial charge in [-0.15, -0.1) is 0 Å². The predicted octanol–water partition coefficient (Wildman–Crippen LogP) is 2.67. The van der Waals surface area contributed by atoms with E-state index in [0.717, 1.165) is 50.5 Å². The number of carbonyl (C=O) groups excluding carboxylic acids is 1. The van der Waals surface area contributed by atoms with E-state index in [2.05, 4.69) is 58.3 Å². The third kappa shape index (κ3) is 4.43. The molecule has 0 spiro atoms. The fourth-order valence-electron chi connectivity index (χ4n) is 3.39. The first-order valence-electron chi connectivity index (χ1n) is 9.43. The number of nitrogens with one attached hydrogen (secondary N) is 1. The Morgan fingerprint density at radius 3 is 2.65 bits per heavy atom. The Morgan fingerprint density at radius 2 is 1.96 bits per heavy atom. The number of nitrogens with zero attached hydrogens (tertiary/aromatic N) is 4. The lowest BCUT2D eigenvalue weighted by Gasteiger charge is -2.35. The molecule has 1 aliphatic heterocycles. The second kappa shape index (κ2) is 8.36. The van der Waals surface area contributed by atoms with Crippen molar-refractivity contribution in [3.05, 3.63) is 41.6 Å². The monoisotopic (exact) mass is 355 g/mol. The van der Waals surface area contributed by atoms with Crippen LogP contribution in [-0.4, -0.2) is 53.3 Å². The molecule has 1 aliphatic rings. The number of anilines is 2. The van der Waals surface area contributed by atoms with Crippen molar-refractivity contribution < 1.29 is 4.79 Å². The largest absolute Gasteiger partial charge is 0.369 e. The van der Waals surface area contributed by atoms with Crippen LogP contribution < -0.4 is 10.2 Å². The molecule has 26 heavy (non-hydrogen) atoms. The van der Waals surface area contributed by atoms with Gasteiger partial charge in [0.1, 0.15) is 5.82 Å². The summed E-state index contributed by atoms with van der Waals surface area (Å²) < 4.78 is 1.88. The standard InChI is InChI=1S/C20H29N5O/c1-4-8-25-20(17(3)14-21-25)22-19(26)15-23-9-11-24(12-10-23)18-7-5-6-16(2)13-18/h5-7,13-14H,4,8-12,15H2,1-3H3,(H,22,26). The lowest BCUT2D eigenvalue weighted by Crippen LogP contribution is -2.48. The normalized spacial score (nSPS) is 15.3. The second-order valence-corrected chi connectivity index (χ2v) is 7.05. The van der Waals surface area contributed by atoms with E-state index in [1.165, 1.54) is 11.3 Å². The SMILES string of the molecule is CCCn1ncc(C)c1NC(=O)CN1CCN(c2cccc(C)c2)CC1. The van der Waals surface area contributed by atoms with E-state index >= 15 is 0 Å². The quantitative estimate of drug-likeness (QED) is 0.866. The van der Waals surface area contributed by atoms with Gasteiger partial charge in [0.2, 0.25) is 5.91 Å². The van der Waals surface area contributed by atoms with Gasteiger partial charge < -0.3 is 10.2 Å². The van der Waals surface area contributed by atoms with Crippen LogP contribution in [0, 0.1) is 13.8 Å². The first kappa shape index (κ1) is 18.5. The molecule has 6 heteroatoms. The molecular formula is C20H29N5O. The number of carbonyl (C=O) groups is 1. The van der Waals surface area contributed by atoms with Crippen LogP contribution in [0.5, 0.6) is 0 Å². The van der Waals surface area contributed by atoms with Gasteiger partial charge in [-0.25, -0.2) is 4.68 Å². The van der Waals surface area contributed by atoms with Gasteiger partial charge in [-0.3, -0.25) is 9.69 Å². The zero-order valence-corrected chi connectivity index (χ0v) is 16.0.